The maximum absolute atomic E-state index is 13.0. The van der Waals surface area contributed by atoms with Gasteiger partial charge in [0.1, 0.15) is 11.5 Å². The fraction of sp³-hybridized carbons (Fsp3) is 0.571. The Morgan fingerprint density at radius 3 is 2.40 bits per heavy atom. The zero-order valence-electron chi connectivity index (χ0n) is 17.8. The van der Waals surface area contributed by atoms with Crippen LogP contribution in [-0.4, -0.2) is 44.0 Å². The lowest BCUT2D eigenvalue weighted by Gasteiger charge is -2.39. The van der Waals surface area contributed by atoms with Gasteiger partial charge in [-0.25, -0.2) is 0 Å². The van der Waals surface area contributed by atoms with Crippen LogP contribution in [0.4, 0.5) is 5.69 Å². The van der Waals surface area contributed by atoms with Crippen molar-refractivity contribution in [2.24, 2.45) is 11.3 Å². The molecule has 30 heavy (non-hydrogen) atoms. The molecule has 0 heterocycles. The molecule has 2 rings (SSSR count). The highest BCUT2D eigenvalue weighted by Gasteiger charge is 2.51. The Balaban J connectivity index is 2.07. The van der Waals surface area contributed by atoms with E-state index in [0.29, 0.717) is 51.1 Å². The number of rotatable bonds is 12. The zero-order chi connectivity index (χ0) is 22.0. The molecule has 0 aromatic heterocycles. The first-order valence-corrected chi connectivity index (χ1v) is 10.4. The summed E-state index contributed by atoms with van der Waals surface area (Å²) in [4.78, 5) is 38.3. The van der Waals surface area contributed by atoms with Gasteiger partial charge in [0, 0.05) is 25.9 Å². The van der Waals surface area contributed by atoms with Gasteiger partial charge in [0.25, 0.3) is 0 Å². The number of methoxy groups -OCH3 is 1. The minimum atomic E-state index is -1.08. The molecule has 9 nitrogen and oxygen atoms in total. The number of amides is 3. The average molecular weight is 420 g/mol. The number of carbonyl (C=O) groups excluding carboxylic acids is 3. The van der Waals surface area contributed by atoms with Crippen molar-refractivity contribution in [3.8, 4) is 0 Å². The molecule has 166 valence electrons. The van der Waals surface area contributed by atoms with E-state index in [1.807, 2.05) is 19.1 Å². The number of hydrogen-bond donors (Lipinski definition) is 5. The van der Waals surface area contributed by atoms with Crippen molar-refractivity contribution in [2.75, 3.05) is 25.5 Å². The highest BCUT2D eigenvalue weighted by molar-refractivity contribution is 6.07. The van der Waals surface area contributed by atoms with E-state index in [-0.39, 0.29) is 11.8 Å². The molecule has 1 aromatic rings. The molecule has 0 radical (unpaired) electrons. The molecule has 0 spiro atoms. The summed E-state index contributed by atoms with van der Waals surface area (Å²) in [6, 6.07) is 6.53. The number of ether oxygens (including phenoxy) is 1. The van der Waals surface area contributed by atoms with E-state index in [2.05, 4.69) is 21.4 Å². The molecule has 1 fully saturated rings. The van der Waals surface area contributed by atoms with Crippen LogP contribution < -0.4 is 27.2 Å². The van der Waals surface area contributed by atoms with Gasteiger partial charge in [-0.1, -0.05) is 18.6 Å². The standard InChI is InChI=1S/C21H33N5O4/c1-3-23-19(28)21(11-5-12-21)20(29)26-17(6-4-13-24-22)18(27)25-16-9-7-15(8-10-16)14-30-2/h7-10,17,24H,3-6,11-14,22H2,1-2H3,(H,23,28)(H,25,27)(H,26,29)/t17-/m0/s1. The summed E-state index contributed by atoms with van der Waals surface area (Å²) in [5, 5.41) is 8.39. The zero-order valence-corrected chi connectivity index (χ0v) is 17.8. The average Bonchev–Trinajstić information content (AvgIpc) is 2.68. The van der Waals surface area contributed by atoms with Crippen molar-refractivity contribution in [1.82, 2.24) is 16.1 Å². The Kier molecular flexibility index (Phi) is 9.22. The Morgan fingerprint density at radius 2 is 1.87 bits per heavy atom. The van der Waals surface area contributed by atoms with Crippen LogP contribution >= 0.6 is 0 Å². The quantitative estimate of drug-likeness (QED) is 0.147. The number of benzene rings is 1. The summed E-state index contributed by atoms with van der Waals surface area (Å²) in [7, 11) is 1.62. The fourth-order valence-corrected chi connectivity index (χ4v) is 3.47. The molecular formula is C21H33N5O4. The molecule has 0 unspecified atom stereocenters. The van der Waals surface area contributed by atoms with Gasteiger partial charge in [-0.2, -0.15) is 0 Å². The lowest BCUT2D eigenvalue weighted by molar-refractivity contribution is -0.150. The minimum Gasteiger partial charge on any atom is -0.380 e. The van der Waals surface area contributed by atoms with E-state index in [4.69, 9.17) is 10.6 Å². The SMILES string of the molecule is CCNC(=O)C1(C(=O)N[C@@H](CCCNN)C(=O)Nc2ccc(COC)cc2)CCC1. The van der Waals surface area contributed by atoms with E-state index in [9.17, 15) is 14.4 Å². The van der Waals surface area contributed by atoms with Crippen LogP contribution in [0.5, 0.6) is 0 Å². The third-order valence-electron chi connectivity index (χ3n) is 5.38. The van der Waals surface area contributed by atoms with Crippen molar-refractivity contribution in [1.29, 1.82) is 0 Å². The van der Waals surface area contributed by atoms with Crippen LogP contribution in [0.25, 0.3) is 0 Å². The highest BCUT2D eigenvalue weighted by Crippen LogP contribution is 2.41. The molecule has 1 saturated carbocycles. The van der Waals surface area contributed by atoms with Gasteiger partial charge in [0.15, 0.2) is 0 Å². The van der Waals surface area contributed by atoms with Crippen LogP contribution in [0, 0.1) is 5.41 Å². The molecule has 0 aliphatic heterocycles. The number of hydrazine groups is 1. The van der Waals surface area contributed by atoms with Crippen LogP contribution in [-0.2, 0) is 25.7 Å². The lowest BCUT2D eigenvalue weighted by Crippen LogP contribution is -2.58. The number of nitrogens with two attached hydrogens (primary N) is 1. The Labute approximate surface area is 177 Å². The molecule has 1 aliphatic rings. The van der Waals surface area contributed by atoms with Crippen LogP contribution in [0.2, 0.25) is 0 Å². The molecular weight excluding hydrogens is 386 g/mol. The van der Waals surface area contributed by atoms with Gasteiger partial charge in [-0.05, 0) is 50.3 Å². The summed E-state index contributed by atoms with van der Waals surface area (Å²) >= 11 is 0. The van der Waals surface area contributed by atoms with Crippen molar-refractivity contribution in [3.05, 3.63) is 29.8 Å². The van der Waals surface area contributed by atoms with Crippen LogP contribution in [0.1, 0.15) is 44.6 Å². The van der Waals surface area contributed by atoms with Gasteiger partial charge >= 0.3 is 0 Å². The van der Waals surface area contributed by atoms with Crippen molar-refractivity contribution < 1.29 is 19.1 Å². The second-order valence-electron chi connectivity index (χ2n) is 7.54. The van der Waals surface area contributed by atoms with Crippen LogP contribution in [0.15, 0.2) is 24.3 Å². The van der Waals surface area contributed by atoms with Gasteiger partial charge in [-0.3, -0.25) is 25.7 Å². The predicted octanol–water partition coefficient (Wildman–Crippen LogP) is 0.806. The number of carbonyl (C=O) groups is 3. The van der Waals surface area contributed by atoms with E-state index in [0.717, 1.165) is 12.0 Å². The summed E-state index contributed by atoms with van der Waals surface area (Å²) < 4.78 is 5.09. The Morgan fingerprint density at radius 1 is 1.17 bits per heavy atom. The van der Waals surface area contributed by atoms with E-state index < -0.39 is 17.4 Å². The molecule has 9 heteroatoms. The predicted molar refractivity (Wildman–Crippen MR) is 114 cm³/mol. The smallest absolute Gasteiger partial charge is 0.246 e. The highest BCUT2D eigenvalue weighted by atomic mass is 16.5. The molecule has 1 aliphatic carbocycles. The minimum absolute atomic E-state index is 0.273. The molecule has 3 amide bonds. The summed E-state index contributed by atoms with van der Waals surface area (Å²) in [5.41, 5.74) is 3.08. The van der Waals surface area contributed by atoms with Gasteiger partial charge in [-0.15, -0.1) is 0 Å². The molecule has 0 saturated heterocycles. The normalized spacial score (nSPS) is 15.6. The second kappa shape index (κ2) is 11.6. The Hall–Kier alpha value is -2.49. The van der Waals surface area contributed by atoms with Crippen molar-refractivity contribution in [3.63, 3.8) is 0 Å². The van der Waals surface area contributed by atoms with E-state index >= 15 is 0 Å². The first-order valence-electron chi connectivity index (χ1n) is 10.4. The van der Waals surface area contributed by atoms with Crippen molar-refractivity contribution in [2.45, 2.75) is 51.7 Å². The lowest BCUT2D eigenvalue weighted by atomic mass is 9.67. The topological polar surface area (TPSA) is 135 Å². The maximum Gasteiger partial charge on any atom is 0.246 e. The summed E-state index contributed by atoms with van der Waals surface area (Å²) in [6.45, 7) is 3.27. The number of nitrogens with one attached hydrogen (secondary N) is 4. The first-order chi connectivity index (χ1) is 14.5. The largest absolute Gasteiger partial charge is 0.380 e. The number of hydrogen-bond acceptors (Lipinski definition) is 6. The van der Waals surface area contributed by atoms with Gasteiger partial charge in [0.05, 0.1) is 6.61 Å². The summed E-state index contributed by atoms with van der Waals surface area (Å²) in [5.74, 6) is 4.33. The fourth-order valence-electron chi connectivity index (χ4n) is 3.47. The summed E-state index contributed by atoms with van der Waals surface area (Å²) in [6.07, 6.45) is 2.78. The van der Waals surface area contributed by atoms with Gasteiger partial charge in [0.2, 0.25) is 17.7 Å². The van der Waals surface area contributed by atoms with Gasteiger partial charge < -0.3 is 20.7 Å². The van der Waals surface area contributed by atoms with E-state index in [1.165, 1.54) is 0 Å². The molecule has 1 aromatic carbocycles. The molecule has 0 bridgehead atoms. The molecule has 1 atom stereocenters. The maximum atomic E-state index is 13.0. The third-order valence-corrected chi connectivity index (χ3v) is 5.38. The number of anilines is 1. The third kappa shape index (κ3) is 6.01. The van der Waals surface area contributed by atoms with E-state index in [1.54, 1.807) is 19.2 Å². The van der Waals surface area contributed by atoms with Crippen molar-refractivity contribution >= 4 is 23.4 Å². The second-order valence-corrected chi connectivity index (χ2v) is 7.54. The first kappa shape index (κ1) is 23.8. The monoisotopic (exact) mass is 419 g/mol. The molecule has 6 N–H and O–H groups in total. The van der Waals surface area contributed by atoms with Crippen LogP contribution in [0.3, 0.4) is 0 Å². The Bertz CT molecular complexity index is 719.